The number of nitrogens with two attached hydrogens (primary N) is 1. The van der Waals surface area contributed by atoms with Crippen molar-refractivity contribution >= 4 is 23.2 Å². The minimum atomic E-state index is -0.408. The monoisotopic (exact) mass is 279 g/mol. The lowest BCUT2D eigenvalue weighted by atomic mass is 10.2. The van der Waals surface area contributed by atoms with Crippen molar-refractivity contribution in [2.45, 2.75) is 6.54 Å². The van der Waals surface area contributed by atoms with Crippen LogP contribution in [0.25, 0.3) is 0 Å². The molecule has 19 heavy (non-hydrogen) atoms. The van der Waals surface area contributed by atoms with Crippen molar-refractivity contribution in [2.75, 3.05) is 5.73 Å². The number of nitrogens with zero attached hydrogens (tertiary/aromatic N) is 1. The largest absolute Gasteiger partial charge is 0.397 e. The van der Waals surface area contributed by atoms with Gasteiger partial charge < -0.3 is 11.1 Å². The second-order valence-electron chi connectivity index (χ2n) is 3.92. The molecule has 1 heterocycles. The van der Waals surface area contributed by atoms with Gasteiger partial charge in [0, 0.05) is 6.54 Å². The first-order chi connectivity index (χ1) is 9.06. The summed E-state index contributed by atoms with van der Waals surface area (Å²) in [6.07, 6.45) is 1.37. The summed E-state index contributed by atoms with van der Waals surface area (Å²) in [5.74, 6) is -0.760. The molecule has 0 aliphatic carbocycles. The number of halogens is 2. The van der Waals surface area contributed by atoms with E-state index < -0.39 is 5.91 Å². The Morgan fingerprint density at radius 3 is 2.95 bits per heavy atom. The fourth-order valence-corrected chi connectivity index (χ4v) is 1.74. The highest BCUT2D eigenvalue weighted by Gasteiger charge is 2.11. The third-order valence-electron chi connectivity index (χ3n) is 2.45. The van der Waals surface area contributed by atoms with E-state index in [-0.39, 0.29) is 23.1 Å². The van der Waals surface area contributed by atoms with Gasteiger partial charge in [-0.3, -0.25) is 4.79 Å². The summed E-state index contributed by atoms with van der Waals surface area (Å²) < 4.78 is 13.0. The highest BCUT2D eigenvalue weighted by molar-refractivity contribution is 6.32. The lowest BCUT2D eigenvalue weighted by Crippen LogP contribution is -2.23. The highest BCUT2D eigenvalue weighted by atomic mass is 35.5. The summed E-state index contributed by atoms with van der Waals surface area (Å²) >= 11 is 5.81. The zero-order valence-corrected chi connectivity index (χ0v) is 10.6. The van der Waals surface area contributed by atoms with Crippen LogP contribution >= 0.6 is 11.6 Å². The van der Waals surface area contributed by atoms with E-state index in [9.17, 15) is 9.18 Å². The SMILES string of the molecule is Nc1cnc(Cl)c(C(=O)NCc2cccc(F)c2)c1. The minimum absolute atomic E-state index is 0.0749. The van der Waals surface area contributed by atoms with Crippen LogP contribution in [0.15, 0.2) is 36.5 Å². The van der Waals surface area contributed by atoms with Gasteiger partial charge in [0.15, 0.2) is 0 Å². The molecular weight excluding hydrogens is 269 g/mol. The van der Waals surface area contributed by atoms with E-state index in [2.05, 4.69) is 10.3 Å². The quantitative estimate of drug-likeness (QED) is 0.848. The maximum atomic E-state index is 13.0. The van der Waals surface area contributed by atoms with Gasteiger partial charge in [0.25, 0.3) is 5.91 Å². The third kappa shape index (κ3) is 3.42. The number of anilines is 1. The van der Waals surface area contributed by atoms with E-state index in [4.69, 9.17) is 17.3 Å². The Balaban J connectivity index is 2.07. The molecule has 0 saturated heterocycles. The minimum Gasteiger partial charge on any atom is -0.397 e. The van der Waals surface area contributed by atoms with Crippen molar-refractivity contribution in [3.63, 3.8) is 0 Å². The summed E-state index contributed by atoms with van der Waals surface area (Å²) in [6.45, 7) is 0.196. The Morgan fingerprint density at radius 1 is 1.42 bits per heavy atom. The number of hydrogen-bond donors (Lipinski definition) is 2. The molecular formula is C13H11ClFN3O. The van der Waals surface area contributed by atoms with Crippen LogP contribution in [-0.2, 0) is 6.54 Å². The standard InChI is InChI=1S/C13H11ClFN3O/c14-12-11(5-10(16)7-17-12)13(19)18-6-8-2-1-3-9(15)4-8/h1-5,7H,6,16H2,(H,18,19). The smallest absolute Gasteiger partial charge is 0.254 e. The van der Waals surface area contributed by atoms with Crippen LogP contribution in [0.4, 0.5) is 10.1 Å². The molecule has 0 aliphatic rings. The first kappa shape index (κ1) is 13.3. The fourth-order valence-electron chi connectivity index (χ4n) is 1.55. The van der Waals surface area contributed by atoms with Crippen molar-refractivity contribution in [3.8, 4) is 0 Å². The molecule has 4 nitrogen and oxygen atoms in total. The Bertz CT molecular complexity index is 619. The summed E-state index contributed by atoms with van der Waals surface area (Å²) in [5, 5.41) is 2.70. The van der Waals surface area contributed by atoms with Gasteiger partial charge in [-0.05, 0) is 23.8 Å². The topological polar surface area (TPSA) is 68.0 Å². The fraction of sp³-hybridized carbons (Fsp3) is 0.0769. The van der Waals surface area contributed by atoms with Crippen LogP contribution in [0.1, 0.15) is 15.9 Å². The molecule has 0 atom stereocenters. The molecule has 98 valence electrons. The predicted molar refractivity (Wildman–Crippen MR) is 71.2 cm³/mol. The van der Waals surface area contributed by atoms with Crippen LogP contribution in [0.3, 0.4) is 0 Å². The first-order valence-corrected chi connectivity index (χ1v) is 5.88. The van der Waals surface area contributed by atoms with E-state index in [0.717, 1.165) is 0 Å². The van der Waals surface area contributed by atoms with E-state index in [0.29, 0.717) is 11.3 Å². The van der Waals surface area contributed by atoms with Gasteiger partial charge in [0.05, 0.1) is 17.4 Å². The summed E-state index contributed by atoms with van der Waals surface area (Å²) in [6, 6.07) is 7.41. The normalized spacial score (nSPS) is 10.2. The molecule has 0 radical (unpaired) electrons. The van der Waals surface area contributed by atoms with E-state index in [1.54, 1.807) is 12.1 Å². The number of rotatable bonds is 3. The molecule has 0 saturated carbocycles. The maximum Gasteiger partial charge on any atom is 0.254 e. The molecule has 0 spiro atoms. The third-order valence-corrected chi connectivity index (χ3v) is 2.75. The maximum absolute atomic E-state index is 13.0. The number of hydrogen-bond acceptors (Lipinski definition) is 3. The Kier molecular flexibility index (Phi) is 3.97. The molecule has 1 amide bonds. The summed E-state index contributed by atoms with van der Waals surface area (Å²) in [4.78, 5) is 15.7. The second-order valence-corrected chi connectivity index (χ2v) is 4.28. The first-order valence-electron chi connectivity index (χ1n) is 5.50. The van der Waals surface area contributed by atoms with Crippen molar-refractivity contribution < 1.29 is 9.18 Å². The molecule has 0 unspecified atom stereocenters. The summed E-state index contributed by atoms with van der Waals surface area (Å²) in [5.41, 5.74) is 6.74. The lowest BCUT2D eigenvalue weighted by molar-refractivity contribution is 0.0950. The number of amides is 1. The number of pyridine rings is 1. The van der Waals surface area contributed by atoms with Crippen molar-refractivity contribution in [1.82, 2.24) is 10.3 Å². The summed E-state index contributed by atoms with van der Waals surface area (Å²) in [7, 11) is 0. The highest BCUT2D eigenvalue weighted by Crippen LogP contribution is 2.15. The average Bonchev–Trinajstić information content (AvgIpc) is 2.39. The molecule has 2 rings (SSSR count). The molecule has 0 fully saturated rings. The zero-order chi connectivity index (χ0) is 13.8. The zero-order valence-electron chi connectivity index (χ0n) is 9.86. The molecule has 1 aromatic heterocycles. The van der Waals surface area contributed by atoms with E-state index in [1.807, 2.05) is 0 Å². The van der Waals surface area contributed by atoms with Gasteiger partial charge >= 0.3 is 0 Å². The molecule has 1 aromatic carbocycles. The van der Waals surface area contributed by atoms with Crippen LogP contribution in [-0.4, -0.2) is 10.9 Å². The van der Waals surface area contributed by atoms with Gasteiger partial charge in [0.2, 0.25) is 0 Å². The van der Waals surface area contributed by atoms with Crippen LogP contribution in [0, 0.1) is 5.82 Å². The molecule has 6 heteroatoms. The number of nitrogens with one attached hydrogen (secondary N) is 1. The number of nitrogen functional groups attached to an aromatic ring is 1. The Hall–Kier alpha value is -2.14. The van der Waals surface area contributed by atoms with Crippen LogP contribution in [0.5, 0.6) is 0 Å². The van der Waals surface area contributed by atoms with Crippen LogP contribution < -0.4 is 11.1 Å². The van der Waals surface area contributed by atoms with Gasteiger partial charge in [-0.1, -0.05) is 23.7 Å². The molecule has 0 aliphatic heterocycles. The van der Waals surface area contributed by atoms with E-state index >= 15 is 0 Å². The van der Waals surface area contributed by atoms with Gasteiger partial charge in [-0.2, -0.15) is 0 Å². The number of aromatic nitrogens is 1. The van der Waals surface area contributed by atoms with Gasteiger partial charge in [-0.25, -0.2) is 9.37 Å². The number of carbonyl (C=O) groups excluding carboxylic acids is 1. The second kappa shape index (κ2) is 5.67. The Morgan fingerprint density at radius 2 is 2.21 bits per heavy atom. The van der Waals surface area contributed by atoms with E-state index in [1.165, 1.54) is 24.4 Å². The molecule has 0 bridgehead atoms. The van der Waals surface area contributed by atoms with Gasteiger partial charge in [-0.15, -0.1) is 0 Å². The lowest BCUT2D eigenvalue weighted by Gasteiger charge is -2.07. The molecule has 2 aromatic rings. The van der Waals surface area contributed by atoms with Crippen molar-refractivity contribution in [1.29, 1.82) is 0 Å². The molecule has 3 N–H and O–H groups in total. The van der Waals surface area contributed by atoms with Crippen molar-refractivity contribution in [3.05, 3.63) is 58.6 Å². The number of carbonyl (C=O) groups is 1. The number of benzene rings is 1. The average molecular weight is 280 g/mol. The van der Waals surface area contributed by atoms with Crippen LogP contribution in [0.2, 0.25) is 5.15 Å². The van der Waals surface area contributed by atoms with Gasteiger partial charge in [0.1, 0.15) is 11.0 Å². The Labute approximate surface area is 114 Å². The van der Waals surface area contributed by atoms with Crippen molar-refractivity contribution in [2.24, 2.45) is 0 Å². The predicted octanol–water partition coefficient (Wildman–Crippen LogP) is 2.39.